The van der Waals surface area contributed by atoms with Crippen LogP contribution in [0.25, 0.3) is 0 Å². The van der Waals surface area contributed by atoms with Crippen molar-refractivity contribution in [2.45, 2.75) is 71.1 Å². The number of hydrogen-bond donors (Lipinski definition) is 1. The van der Waals surface area contributed by atoms with E-state index < -0.39 is 0 Å². The van der Waals surface area contributed by atoms with Crippen molar-refractivity contribution in [2.24, 2.45) is 11.8 Å². The van der Waals surface area contributed by atoms with E-state index in [0.29, 0.717) is 18.2 Å². The van der Waals surface area contributed by atoms with Crippen molar-refractivity contribution in [1.82, 2.24) is 5.32 Å². The van der Waals surface area contributed by atoms with Gasteiger partial charge in [-0.25, -0.2) is 0 Å². The minimum absolute atomic E-state index is 0.506. The molecule has 1 saturated carbocycles. The number of fused-ring (bicyclic) bond motifs is 1. The molecule has 1 aliphatic carbocycles. The lowest BCUT2D eigenvalue weighted by Gasteiger charge is -2.43. The zero-order chi connectivity index (χ0) is 11.5. The number of morpholine rings is 1. The Bertz CT molecular complexity index is 217. The van der Waals surface area contributed by atoms with Gasteiger partial charge in [-0.3, -0.25) is 0 Å². The van der Waals surface area contributed by atoms with Crippen LogP contribution in [0.15, 0.2) is 0 Å². The van der Waals surface area contributed by atoms with Gasteiger partial charge in [0.25, 0.3) is 0 Å². The molecule has 0 radical (unpaired) electrons. The first-order valence-corrected chi connectivity index (χ1v) is 7.06. The van der Waals surface area contributed by atoms with Crippen LogP contribution in [0.1, 0.15) is 52.9 Å². The summed E-state index contributed by atoms with van der Waals surface area (Å²) >= 11 is 0. The first-order chi connectivity index (χ1) is 7.69. The molecule has 2 heteroatoms. The minimum atomic E-state index is 0.506. The molecule has 0 bridgehead atoms. The summed E-state index contributed by atoms with van der Waals surface area (Å²) in [6, 6.07) is 1.23. The monoisotopic (exact) mass is 225 g/mol. The molecule has 1 N–H and O–H groups in total. The Morgan fingerprint density at radius 2 is 2.12 bits per heavy atom. The second kappa shape index (κ2) is 5.50. The molecule has 1 heterocycles. The standard InChI is InChI=1S/C14H27NO/c1-4-11-5-6-14-13(8-11)15-12(9-16-14)7-10(2)3/h10-15H,4-9H2,1-3H3. The summed E-state index contributed by atoms with van der Waals surface area (Å²) in [6.45, 7) is 7.84. The lowest BCUT2D eigenvalue weighted by atomic mass is 9.81. The summed E-state index contributed by atoms with van der Waals surface area (Å²) in [5, 5.41) is 3.83. The molecule has 16 heavy (non-hydrogen) atoms. The SMILES string of the molecule is CCC1CCC2OCC(CC(C)C)NC2C1. The Morgan fingerprint density at radius 3 is 2.81 bits per heavy atom. The van der Waals surface area contributed by atoms with E-state index >= 15 is 0 Å². The lowest BCUT2D eigenvalue weighted by Crippen LogP contribution is -2.56. The molecule has 1 aliphatic heterocycles. The predicted molar refractivity (Wildman–Crippen MR) is 67.5 cm³/mol. The highest BCUT2D eigenvalue weighted by Crippen LogP contribution is 2.31. The smallest absolute Gasteiger partial charge is 0.0729 e. The maximum Gasteiger partial charge on any atom is 0.0729 e. The Hall–Kier alpha value is -0.0800. The van der Waals surface area contributed by atoms with Crippen LogP contribution >= 0.6 is 0 Å². The zero-order valence-electron chi connectivity index (χ0n) is 11.0. The van der Waals surface area contributed by atoms with Gasteiger partial charge >= 0.3 is 0 Å². The van der Waals surface area contributed by atoms with Gasteiger partial charge in [-0.15, -0.1) is 0 Å². The van der Waals surface area contributed by atoms with Gasteiger partial charge in [0.1, 0.15) is 0 Å². The summed E-state index contributed by atoms with van der Waals surface area (Å²) in [5.41, 5.74) is 0. The van der Waals surface area contributed by atoms with Gasteiger partial charge < -0.3 is 10.1 Å². The van der Waals surface area contributed by atoms with Crippen molar-refractivity contribution in [2.75, 3.05) is 6.61 Å². The molecule has 2 aliphatic rings. The lowest BCUT2D eigenvalue weighted by molar-refractivity contribution is -0.0580. The highest BCUT2D eigenvalue weighted by atomic mass is 16.5. The summed E-state index contributed by atoms with van der Waals surface area (Å²) in [6.07, 6.45) is 7.06. The maximum atomic E-state index is 6.03. The molecule has 2 nitrogen and oxygen atoms in total. The van der Waals surface area contributed by atoms with Crippen LogP contribution in [-0.4, -0.2) is 24.8 Å². The van der Waals surface area contributed by atoms with Gasteiger partial charge in [-0.2, -0.15) is 0 Å². The van der Waals surface area contributed by atoms with Crippen molar-refractivity contribution in [3.8, 4) is 0 Å². The van der Waals surface area contributed by atoms with Gasteiger partial charge in [-0.05, 0) is 37.5 Å². The van der Waals surface area contributed by atoms with Gasteiger partial charge in [0.15, 0.2) is 0 Å². The molecular formula is C14H27NO. The zero-order valence-corrected chi connectivity index (χ0v) is 11.0. The van der Waals surface area contributed by atoms with Crippen LogP contribution in [0, 0.1) is 11.8 Å². The molecule has 94 valence electrons. The Balaban J connectivity index is 1.85. The Morgan fingerprint density at radius 1 is 1.31 bits per heavy atom. The minimum Gasteiger partial charge on any atom is -0.375 e. The van der Waals surface area contributed by atoms with Crippen molar-refractivity contribution >= 4 is 0 Å². The number of ether oxygens (including phenoxy) is 1. The molecule has 2 fully saturated rings. The average molecular weight is 225 g/mol. The maximum absolute atomic E-state index is 6.03. The molecular weight excluding hydrogens is 198 g/mol. The van der Waals surface area contributed by atoms with E-state index in [1.807, 2.05) is 0 Å². The normalized spacial score (nSPS) is 39.8. The van der Waals surface area contributed by atoms with Crippen molar-refractivity contribution in [3.05, 3.63) is 0 Å². The van der Waals surface area contributed by atoms with Crippen LogP contribution < -0.4 is 5.32 Å². The summed E-state index contributed by atoms with van der Waals surface area (Å²) in [4.78, 5) is 0. The predicted octanol–water partition coefficient (Wildman–Crippen LogP) is 2.97. The Labute approximate surface area is 100 Å². The fourth-order valence-corrected chi connectivity index (χ4v) is 3.27. The molecule has 0 aromatic carbocycles. The summed E-state index contributed by atoms with van der Waals surface area (Å²) < 4.78 is 6.03. The molecule has 4 unspecified atom stereocenters. The van der Waals surface area contributed by atoms with Crippen LogP contribution in [-0.2, 0) is 4.74 Å². The van der Waals surface area contributed by atoms with Crippen LogP contribution in [0.5, 0.6) is 0 Å². The second-order valence-electron chi connectivity index (χ2n) is 6.06. The molecule has 1 saturated heterocycles. The summed E-state index contributed by atoms with van der Waals surface area (Å²) in [5.74, 6) is 1.69. The fourth-order valence-electron chi connectivity index (χ4n) is 3.27. The topological polar surface area (TPSA) is 21.3 Å². The van der Waals surface area contributed by atoms with E-state index in [0.717, 1.165) is 18.4 Å². The molecule has 0 aromatic rings. The number of hydrogen-bond acceptors (Lipinski definition) is 2. The molecule has 0 aromatic heterocycles. The molecule has 2 rings (SSSR count). The van der Waals surface area contributed by atoms with Gasteiger partial charge in [0, 0.05) is 12.1 Å². The molecule has 4 atom stereocenters. The number of nitrogens with one attached hydrogen (secondary N) is 1. The highest BCUT2D eigenvalue weighted by molar-refractivity contribution is 4.91. The van der Waals surface area contributed by atoms with Gasteiger partial charge in [0.05, 0.1) is 12.7 Å². The van der Waals surface area contributed by atoms with Gasteiger partial charge in [-0.1, -0.05) is 27.2 Å². The number of rotatable bonds is 3. The second-order valence-corrected chi connectivity index (χ2v) is 6.06. The third-order valence-corrected chi connectivity index (χ3v) is 4.19. The largest absolute Gasteiger partial charge is 0.375 e. The van der Waals surface area contributed by atoms with Crippen LogP contribution in [0.2, 0.25) is 0 Å². The third kappa shape index (κ3) is 2.98. The first-order valence-electron chi connectivity index (χ1n) is 7.06. The van der Waals surface area contributed by atoms with E-state index in [9.17, 15) is 0 Å². The van der Waals surface area contributed by atoms with Gasteiger partial charge in [0.2, 0.25) is 0 Å². The summed E-state index contributed by atoms with van der Waals surface area (Å²) in [7, 11) is 0. The fraction of sp³-hybridized carbons (Fsp3) is 1.00. The van der Waals surface area contributed by atoms with Crippen molar-refractivity contribution in [1.29, 1.82) is 0 Å². The van der Waals surface area contributed by atoms with E-state index in [1.54, 1.807) is 0 Å². The quantitative estimate of drug-likeness (QED) is 0.797. The van der Waals surface area contributed by atoms with E-state index in [-0.39, 0.29) is 0 Å². The highest BCUT2D eigenvalue weighted by Gasteiger charge is 2.35. The first kappa shape index (κ1) is 12.4. The molecule has 0 spiro atoms. The van der Waals surface area contributed by atoms with Crippen molar-refractivity contribution in [3.63, 3.8) is 0 Å². The van der Waals surface area contributed by atoms with E-state index in [2.05, 4.69) is 26.1 Å². The third-order valence-electron chi connectivity index (χ3n) is 4.19. The molecule has 0 amide bonds. The van der Waals surface area contributed by atoms with Crippen LogP contribution in [0.3, 0.4) is 0 Å². The van der Waals surface area contributed by atoms with E-state index in [1.165, 1.54) is 32.1 Å². The average Bonchev–Trinajstić information content (AvgIpc) is 2.27. The Kier molecular flexibility index (Phi) is 4.26. The van der Waals surface area contributed by atoms with Crippen LogP contribution in [0.4, 0.5) is 0 Å². The van der Waals surface area contributed by atoms with E-state index in [4.69, 9.17) is 4.74 Å². The van der Waals surface area contributed by atoms with Crippen molar-refractivity contribution < 1.29 is 4.74 Å².